The third-order valence-corrected chi connectivity index (χ3v) is 5.01. The van der Waals surface area contributed by atoms with E-state index < -0.39 is 0 Å². The molecule has 2 aliphatic rings. The van der Waals surface area contributed by atoms with Crippen LogP contribution in [0.25, 0.3) is 0 Å². The van der Waals surface area contributed by atoms with Gasteiger partial charge in [-0.3, -0.25) is 4.99 Å². The molecule has 2 fully saturated rings. The Balaban J connectivity index is 1.53. The Bertz CT molecular complexity index is 480. The molecular formula is C16H25N3O2. The Morgan fingerprint density at radius 3 is 2.95 bits per heavy atom. The summed E-state index contributed by atoms with van der Waals surface area (Å²) in [7, 11) is 1.82. The Hall–Kier alpha value is -1.49. The molecule has 2 aliphatic carbocycles. The van der Waals surface area contributed by atoms with Crippen molar-refractivity contribution >= 4 is 5.96 Å². The number of aliphatic imine (C=N–C) groups is 1. The summed E-state index contributed by atoms with van der Waals surface area (Å²) in [4.78, 5) is 4.33. The number of hydrogen-bond acceptors (Lipinski definition) is 3. The summed E-state index contributed by atoms with van der Waals surface area (Å²) in [5, 5.41) is 6.92. The van der Waals surface area contributed by atoms with E-state index in [2.05, 4.69) is 22.5 Å². The number of ether oxygens (including phenoxy) is 1. The van der Waals surface area contributed by atoms with Crippen LogP contribution in [0.5, 0.6) is 0 Å². The van der Waals surface area contributed by atoms with Crippen LogP contribution in [0.2, 0.25) is 0 Å². The van der Waals surface area contributed by atoms with E-state index in [1.54, 1.807) is 12.5 Å². The summed E-state index contributed by atoms with van der Waals surface area (Å²) in [5.74, 6) is 0.863. The van der Waals surface area contributed by atoms with Gasteiger partial charge in [-0.15, -0.1) is 0 Å². The average Bonchev–Trinajstić information content (AvgIpc) is 2.92. The van der Waals surface area contributed by atoms with Gasteiger partial charge in [0, 0.05) is 37.2 Å². The molecule has 0 aromatic carbocycles. The van der Waals surface area contributed by atoms with Gasteiger partial charge in [0.15, 0.2) is 5.96 Å². The summed E-state index contributed by atoms with van der Waals surface area (Å²) in [5.41, 5.74) is 1.47. The van der Waals surface area contributed by atoms with Crippen molar-refractivity contribution in [1.29, 1.82) is 0 Å². The number of furan rings is 1. The van der Waals surface area contributed by atoms with E-state index in [0.29, 0.717) is 17.6 Å². The minimum absolute atomic E-state index is 0.350. The third-order valence-electron chi connectivity index (χ3n) is 5.01. The molecule has 1 spiro atoms. The molecule has 116 valence electrons. The molecule has 2 unspecified atom stereocenters. The quantitative estimate of drug-likeness (QED) is 0.645. The molecule has 0 saturated heterocycles. The van der Waals surface area contributed by atoms with E-state index in [0.717, 1.165) is 31.1 Å². The fourth-order valence-electron chi connectivity index (χ4n) is 3.58. The van der Waals surface area contributed by atoms with Gasteiger partial charge in [0.2, 0.25) is 0 Å². The van der Waals surface area contributed by atoms with Crippen molar-refractivity contribution in [2.75, 3.05) is 13.7 Å². The molecule has 2 saturated carbocycles. The Morgan fingerprint density at radius 1 is 1.52 bits per heavy atom. The highest BCUT2D eigenvalue weighted by molar-refractivity contribution is 5.80. The minimum atomic E-state index is 0.350. The zero-order chi connectivity index (χ0) is 14.7. The first-order valence-electron chi connectivity index (χ1n) is 7.88. The molecular weight excluding hydrogens is 266 g/mol. The van der Waals surface area contributed by atoms with Gasteiger partial charge in [0.1, 0.15) is 0 Å². The van der Waals surface area contributed by atoms with Gasteiger partial charge < -0.3 is 19.8 Å². The molecule has 1 aromatic heterocycles. The molecule has 3 rings (SSSR count). The van der Waals surface area contributed by atoms with Crippen molar-refractivity contribution in [1.82, 2.24) is 10.6 Å². The second-order valence-corrected chi connectivity index (χ2v) is 6.02. The molecule has 0 bridgehead atoms. The lowest BCUT2D eigenvalue weighted by Crippen LogP contribution is -2.68. The topological polar surface area (TPSA) is 58.8 Å². The van der Waals surface area contributed by atoms with E-state index in [4.69, 9.17) is 9.15 Å². The monoisotopic (exact) mass is 291 g/mol. The zero-order valence-corrected chi connectivity index (χ0v) is 12.9. The van der Waals surface area contributed by atoms with Gasteiger partial charge in [-0.2, -0.15) is 0 Å². The van der Waals surface area contributed by atoms with E-state index >= 15 is 0 Å². The highest BCUT2D eigenvalue weighted by atomic mass is 16.5. The summed E-state index contributed by atoms with van der Waals surface area (Å²) >= 11 is 0. The van der Waals surface area contributed by atoms with Crippen LogP contribution in [-0.2, 0) is 11.3 Å². The molecule has 2 N–H and O–H groups in total. The maximum Gasteiger partial charge on any atom is 0.191 e. The molecule has 1 aromatic rings. The summed E-state index contributed by atoms with van der Waals surface area (Å²) < 4.78 is 11.0. The smallest absolute Gasteiger partial charge is 0.191 e. The van der Waals surface area contributed by atoms with Gasteiger partial charge in [0.05, 0.1) is 18.6 Å². The number of rotatable bonds is 5. The number of nitrogens with zero attached hydrogens (tertiary/aromatic N) is 1. The first-order chi connectivity index (χ1) is 10.3. The predicted molar refractivity (Wildman–Crippen MR) is 82.1 cm³/mol. The van der Waals surface area contributed by atoms with Gasteiger partial charge in [0.25, 0.3) is 0 Å². The molecule has 21 heavy (non-hydrogen) atoms. The molecule has 5 nitrogen and oxygen atoms in total. The molecule has 5 heteroatoms. The summed E-state index contributed by atoms with van der Waals surface area (Å²) in [6, 6.07) is 2.45. The highest BCUT2D eigenvalue weighted by Gasteiger charge is 2.59. The maximum absolute atomic E-state index is 5.89. The molecule has 0 radical (unpaired) electrons. The number of hydrogen-bond donors (Lipinski definition) is 2. The Morgan fingerprint density at radius 2 is 2.38 bits per heavy atom. The molecule has 0 amide bonds. The van der Waals surface area contributed by atoms with Gasteiger partial charge in [-0.05, 0) is 32.3 Å². The van der Waals surface area contributed by atoms with Gasteiger partial charge in [-0.25, -0.2) is 0 Å². The Labute approximate surface area is 126 Å². The minimum Gasteiger partial charge on any atom is -0.472 e. The van der Waals surface area contributed by atoms with Crippen molar-refractivity contribution in [2.24, 2.45) is 10.4 Å². The first kappa shape index (κ1) is 14.4. The van der Waals surface area contributed by atoms with Crippen LogP contribution in [0.1, 0.15) is 38.2 Å². The zero-order valence-electron chi connectivity index (χ0n) is 12.9. The van der Waals surface area contributed by atoms with Crippen LogP contribution in [0.15, 0.2) is 28.0 Å². The lowest BCUT2D eigenvalue weighted by molar-refractivity contribution is -0.168. The van der Waals surface area contributed by atoms with E-state index in [1.807, 2.05) is 13.1 Å². The van der Waals surface area contributed by atoms with E-state index in [1.165, 1.54) is 19.3 Å². The van der Waals surface area contributed by atoms with E-state index in [-0.39, 0.29) is 0 Å². The highest BCUT2D eigenvalue weighted by Crippen LogP contribution is 2.57. The van der Waals surface area contributed by atoms with Gasteiger partial charge >= 0.3 is 0 Å². The number of guanidine groups is 1. The lowest BCUT2D eigenvalue weighted by Gasteiger charge is -2.61. The van der Waals surface area contributed by atoms with Crippen LogP contribution >= 0.6 is 0 Å². The van der Waals surface area contributed by atoms with Crippen molar-refractivity contribution in [2.45, 2.75) is 51.3 Å². The number of nitrogens with one attached hydrogen (secondary N) is 2. The predicted octanol–water partition coefficient (Wildman–Crippen LogP) is 2.29. The Kier molecular flexibility index (Phi) is 4.19. The fraction of sp³-hybridized carbons (Fsp3) is 0.688. The summed E-state index contributed by atoms with van der Waals surface area (Å²) in [6.07, 6.45) is 8.82. The second kappa shape index (κ2) is 6.10. The first-order valence-corrected chi connectivity index (χ1v) is 7.88. The van der Waals surface area contributed by atoms with Gasteiger partial charge in [-0.1, -0.05) is 6.42 Å². The normalized spacial score (nSPS) is 27.0. The van der Waals surface area contributed by atoms with Crippen LogP contribution < -0.4 is 10.6 Å². The largest absolute Gasteiger partial charge is 0.472 e. The van der Waals surface area contributed by atoms with Crippen molar-refractivity contribution in [3.63, 3.8) is 0 Å². The average molecular weight is 291 g/mol. The van der Waals surface area contributed by atoms with E-state index in [9.17, 15) is 0 Å². The molecule has 0 aliphatic heterocycles. The van der Waals surface area contributed by atoms with Crippen LogP contribution in [0, 0.1) is 5.41 Å². The maximum atomic E-state index is 5.89. The van der Waals surface area contributed by atoms with Crippen LogP contribution in [0.3, 0.4) is 0 Å². The fourth-order valence-corrected chi connectivity index (χ4v) is 3.58. The van der Waals surface area contributed by atoms with Crippen LogP contribution in [0.4, 0.5) is 0 Å². The lowest BCUT2D eigenvalue weighted by atomic mass is 9.51. The van der Waals surface area contributed by atoms with Crippen LogP contribution in [-0.4, -0.2) is 31.8 Å². The molecule has 1 heterocycles. The van der Waals surface area contributed by atoms with Crippen molar-refractivity contribution < 1.29 is 9.15 Å². The standard InChI is InChI=1S/C16H25N3O2/c1-3-21-14-9-13(16(14)6-4-7-16)19-15(17-2)18-10-12-5-8-20-11-12/h5,8,11,13-14H,3-4,6-7,9-10H2,1-2H3,(H2,17,18,19). The van der Waals surface area contributed by atoms with Crippen molar-refractivity contribution in [3.05, 3.63) is 24.2 Å². The van der Waals surface area contributed by atoms with Crippen molar-refractivity contribution in [3.8, 4) is 0 Å². The third kappa shape index (κ3) is 2.67. The molecule has 2 atom stereocenters. The second-order valence-electron chi connectivity index (χ2n) is 6.02. The SMILES string of the molecule is CCOC1CC(NC(=NC)NCc2ccoc2)C12CCC2. The summed E-state index contributed by atoms with van der Waals surface area (Å²) in [6.45, 7) is 3.62.